The maximum Gasteiger partial charge on any atom is 0.404 e. The second kappa shape index (κ2) is 20.4. The van der Waals surface area contributed by atoms with Crippen LogP contribution in [-0.4, -0.2) is 83.7 Å². The van der Waals surface area contributed by atoms with Gasteiger partial charge < -0.3 is 35.4 Å². The first kappa shape index (κ1) is 37.7. The molecule has 0 radical (unpaired) electrons. The summed E-state index contributed by atoms with van der Waals surface area (Å²) in [7, 11) is 0. The Morgan fingerprint density at radius 3 is 2.33 bits per heavy atom. The normalized spacial score (nSPS) is 12.2. The van der Waals surface area contributed by atoms with Gasteiger partial charge in [-0.1, -0.05) is 42.5 Å². The number of rotatable bonds is 20. The third-order valence-corrected chi connectivity index (χ3v) is 7.45. The van der Waals surface area contributed by atoms with E-state index in [2.05, 4.69) is 26.4 Å². The van der Waals surface area contributed by atoms with Crippen LogP contribution in [0.3, 0.4) is 0 Å². The van der Waals surface area contributed by atoms with Gasteiger partial charge in [0.05, 0.1) is 6.04 Å². The number of carboxylic acid groups (broad SMARTS) is 1. The fourth-order valence-electron chi connectivity index (χ4n) is 5.09. The van der Waals surface area contributed by atoms with Gasteiger partial charge in [-0.25, -0.2) is 15.1 Å². The van der Waals surface area contributed by atoms with E-state index in [1.54, 1.807) is 29.4 Å². The molecule has 48 heavy (non-hydrogen) atoms. The van der Waals surface area contributed by atoms with Crippen molar-refractivity contribution in [3.8, 4) is 0 Å². The predicted molar refractivity (Wildman–Crippen MR) is 178 cm³/mol. The van der Waals surface area contributed by atoms with Gasteiger partial charge in [0.15, 0.2) is 12.9 Å². The van der Waals surface area contributed by atoms with Crippen molar-refractivity contribution in [3.63, 3.8) is 0 Å². The Labute approximate surface area is 280 Å². The summed E-state index contributed by atoms with van der Waals surface area (Å²) in [5.74, 6) is -1.00. The predicted octanol–water partition coefficient (Wildman–Crippen LogP) is 3.70. The highest BCUT2D eigenvalue weighted by molar-refractivity contribution is 5.89. The molecule has 0 unspecified atom stereocenters. The van der Waals surface area contributed by atoms with Crippen molar-refractivity contribution in [1.82, 2.24) is 31.3 Å². The van der Waals surface area contributed by atoms with E-state index in [1.807, 2.05) is 63.2 Å². The van der Waals surface area contributed by atoms with Crippen molar-refractivity contribution in [3.05, 3.63) is 78.1 Å². The highest BCUT2D eigenvalue weighted by Crippen LogP contribution is 2.23. The fourth-order valence-corrected chi connectivity index (χ4v) is 5.09. The van der Waals surface area contributed by atoms with Gasteiger partial charge in [0, 0.05) is 45.2 Å². The minimum atomic E-state index is -1.14. The van der Waals surface area contributed by atoms with Crippen LogP contribution in [0.25, 0.3) is 10.8 Å². The monoisotopic (exact) mass is 666 g/mol. The quantitative estimate of drug-likeness (QED) is 0.0683. The number of hydrogen-bond donors (Lipinski definition) is 5. The number of nitrogens with one attached hydrogen (secondary N) is 4. The Hall–Kier alpha value is -4.79. The van der Waals surface area contributed by atoms with Crippen molar-refractivity contribution in [2.75, 3.05) is 26.4 Å². The molecule has 3 aromatic rings. The number of ether oxygens (including phenoxy) is 2. The topological polar surface area (TPSA) is 180 Å². The van der Waals surface area contributed by atoms with E-state index in [-0.39, 0.29) is 32.0 Å². The van der Waals surface area contributed by atoms with Crippen LogP contribution in [0.4, 0.5) is 9.59 Å². The molecule has 14 heteroatoms. The number of benzene rings is 2. The molecule has 0 aliphatic rings. The first-order valence-corrected chi connectivity index (χ1v) is 16.0. The van der Waals surface area contributed by atoms with Gasteiger partial charge in [0.25, 0.3) is 0 Å². The van der Waals surface area contributed by atoms with Crippen molar-refractivity contribution in [2.24, 2.45) is 0 Å². The number of hydroxylamine groups is 1. The van der Waals surface area contributed by atoms with E-state index in [0.29, 0.717) is 26.1 Å². The average Bonchev–Trinajstić information content (AvgIpc) is 3.08. The summed E-state index contributed by atoms with van der Waals surface area (Å²) in [5, 5.41) is 18.6. The van der Waals surface area contributed by atoms with Gasteiger partial charge in [-0.15, -0.1) is 0 Å². The third-order valence-electron chi connectivity index (χ3n) is 7.45. The SMILES string of the molecule is CCOC(OCC)[C@H](C)N(Cc1cccc2ccccc12)C(=O)[C@H](CCCCNC(=O)O)NC(=O)CONC(=O)NCc1ccncc1. The van der Waals surface area contributed by atoms with Crippen LogP contribution >= 0.6 is 0 Å². The zero-order chi connectivity index (χ0) is 34.7. The van der Waals surface area contributed by atoms with Crippen molar-refractivity contribution >= 4 is 34.7 Å². The van der Waals surface area contributed by atoms with Crippen LogP contribution < -0.4 is 21.4 Å². The van der Waals surface area contributed by atoms with Gasteiger partial charge in [-0.05, 0) is 74.1 Å². The van der Waals surface area contributed by atoms with Crippen LogP contribution in [-0.2, 0) is 37.0 Å². The van der Waals surface area contributed by atoms with E-state index >= 15 is 0 Å². The number of urea groups is 1. The average molecular weight is 667 g/mol. The number of carbonyl (C=O) groups excluding carboxylic acids is 3. The molecule has 2 aromatic carbocycles. The van der Waals surface area contributed by atoms with E-state index in [0.717, 1.165) is 21.9 Å². The standard InChI is InChI=1S/C34H46N6O8/c1-4-46-32(47-5-2)24(3)40(22-27-13-10-12-26-11-6-7-14-28(26)27)31(42)29(15-8-9-18-36-34(44)45)38-30(41)23-48-39-33(43)37-21-25-16-19-35-20-17-25/h6-7,10-14,16-17,19-20,24,29,32,36H,4-5,8-9,15,18,21-23H2,1-3H3,(H,38,41)(H,44,45)(H2,37,39,43)/t24-,29-/m0/s1. The number of nitrogens with zero attached hydrogens (tertiary/aromatic N) is 2. The van der Waals surface area contributed by atoms with E-state index in [9.17, 15) is 19.2 Å². The number of amides is 5. The maximum absolute atomic E-state index is 14.4. The summed E-state index contributed by atoms with van der Waals surface area (Å²) in [6.45, 7) is 6.34. The lowest BCUT2D eigenvalue weighted by Crippen LogP contribution is -2.55. The van der Waals surface area contributed by atoms with E-state index < -0.39 is 43.0 Å². The van der Waals surface area contributed by atoms with Gasteiger partial charge in [0.1, 0.15) is 6.04 Å². The fraction of sp³-hybridized carbons (Fsp3) is 0.441. The minimum absolute atomic E-state index is 0.193. The molecule has 0 bridgehead atoms. The third kappa shape index (κ3) is 12.4. The Balaban J connectivity index is 1.77. The Kier molecular flexibility index (Phi) is 16.0. The molecule has 0 aliphatic heterocycles. The van der Waals surface area contributed by atoms with Gasteiger partial charge in [-0.2, -0.15) is 0 Å². The number of fused-ring (bicyclic) bond motifs is 1. The molecule has 2 atom stereocenters. The van der Waals surface area contributed by atoms with E-state index in [1.165, 1.54) is 0 Å². The van der Waals surface area contributed by atoms with Crippen LogP contribution in [0.5, 0.6) is 0 Å². The van der Waals surface area contributed by atoms with Gasteiger partial charge in [0.2, 0.25) is 11.8 Å². The number of hydrogen-bond acceptors (Lipinski definition) is 8. The highest BCUT2D eigenvalue weighted by Gasteiger charge is 2.33. The molecule has 1 heterocycles. The van der Waals surface area contributed by atoms with Crippen LogP contribution in [0.15, 0.2) is 67.0 Å². The molecule has 5 amide bonds. The van der Waals surface area contributed by atoms with Crippen LogP contribution in [0.1, 0.15) is 51.2 Å². The van der Waals surface area contributed by atoms with Crippen molar-refractivity contribution in [2.45, 2.75) is 71.5 Å². The maximum atomic E-state index is 14.4. The molecular weight excluding hydrogens is 620 g/mol. The number of aromatic nitrogens is 1. The number of pyridine rings is 1. The summed E-state index contributed by atoms with van der Waals surface area (Å²) in [5.41, 5.74) is 3.91. The molecule has 0 saturated carbocycles. The summed E-state index contributed by atoms with van der Waals surface area (Å²) in [6.07, 6.45) is 2.44. The zero-order valence-electron chi connectivity index (χ0n) is 27.6. The lowest BCUT2D eigenvalue weighted by Gasteiger charge is -2.37. The summed E-state index contributed by atoms with van der Waals surface area (Å²) in [4.78, 5) is 61.2. The Morgan fingerprint density at radius 2 is 1.62 bits per heavy atom. The Morgan fingerprint density at radius 1 is 0.917 bits per heavy atom. The first-order valence-electron chi connectivity index (χ1n) is 16.0. The summed E-state index contributed by atoms with van der Waals surface area (Å²) < 4.78 is 11.8. The van der Waals surface area contributed by atoms with Crippen LogP contribution in [0.2, 0.25) is 0 Å². The second-order valence-corrected chi connectivity index (χ2v) is 10.9. The van der Waals surface area contributed by atoms with E-state index in [4.69, 9.17) is 19.4 Å². The molecular formula is C34H46N6O8. The second-order valence-electron chi connectivity index (χ2n) is 10.9. The molecule has 0 aliphatic carbocycles. The first-order chi connectivity index (χ1) is 23.2. The molecule has 0 spiro atoms. The largest absolute Gasteiger partial charge is 0.465 e. The summed E-state index contributed by atoms with van der Waals surface area (Å²) >= 11 is 0. The lowest BCUT2D eigenvalue weighted by atomic mass is 10.0. The highest BCUT2D eigenvalue weighted by atomic mass is 16.7. The molecule has 3 rings (SSSR count). The lowest BCUT2D eigenvalue weighted by molar-refractivity contribution is -0.180. The molecule has 1 aromatic heterocycles. The molecule has 5 N–H and O–H groups in total. The van der Waals surface area contributed by atoms with Crippen molar-refractivity contribution < 1.29 is 38.6 Å². The number of unbranched alkanes of at least 4 members (excludes halogenated alkanes) is 1. The molecule has 260 valence electrons. The molecule has 0 fully saturated rings. The zero-order valence-corrected chi connectivity index (χ0v) is 27.6. The minimum Gasteiger partial charge on any atom is -0.465 e. The summed E-state index contributed by atoms with van der Waals surface area (Å²) in [6, 6.07) is 15.1. The van der Waals surface area contributed by atoms with Gasteiger partial charge >= 0.3 is 12.1 Å². The Bertz CT molecular complexity index is 1450. The smallest absolute Gasteiger partial charge is 0.404 e. The molecule has 0 saturated heterocycles. The van der Waals surface area contributed by atoms with Crippen molar-refractivity contribution in [1.29, 1.82) is 0 Å². The molecule has 14 nitrogen and oxygen atoms in total. The van der Waals surface area contributed by atoms with Gasteiger partial charge in [-0.3, -0.25) is 19.4 Å². The number of carbonyl (C=O) groups is 4. The van der Waals surface area contributed by atoms with Crippen LogP contribution in [0, 0.1) is 0 Å².